The summed E-state index contributed by atoms with van der Waals surface area (Å²) >= 11 is 0. The second-order valence-corrected chi connectivity index (χ2v) is 4.64. The number of hydrogen-bond donors (Lipinski definition) is 2. The van der Waals surface area contributed by atoms with E-state index in [9.17, 15) is 9.59 Å². The fraction of sp³-hybridized carbons (Fsp3) is 0.250. The van der Waals surface area contributed by atoms with Crippen LogP contribution in [-0.4, -0.2) is 18.4 Å². The highest BCUT2D eigenvalue weighted by Crippen LogP contribution is 2.09. The third-order valence-corrected chi connectivity index (χ3v) is 3.11. The highest BCUT2D eigenvalue weighted by Gasteiger charge is 2.12. The Morgan fingerprint density at radius 3 is 2.43 bits per heavy atom. The van der Waals surface area contributed by atoms with Crippen molar-refractivity contribution < 1.29 is 14.0 Å². The van der Waals surface area contributed by atoms with Gasteiger partial charge >= 0.3 is 11.8 Å². The minimum atomic E-state index is -0.661. The predicted molar refractivity (Wildman–Crippen MR) is 79.9 cm³/mol. The van der Waals surface area contributed by atoms with E-state index in [2.05, 4.69) is 17.6 Å². The van der Waals surface area contributed by atoms with Crippen molar-refractivity contribution in [3.8, 4) is 0 Å². The van der Waals surface area contributed by atoms with Crippen LogP contribution < -0.4 is 10.6 Å². The molecule has 5 nitrogen and oxygen atoms in total. The second-order valence-electron chi connectivity index (χ2n) is 4.64. The van der Waals surface area contributed by atoms with Gasteiger partial charge in [0, 0.05) is 12.2 Å². The monoisotopic (exact) mass is 286 g/mol. The maximum absolute atomic E-state index is 11.7. The number of rotatable bonds is 5. The molecule has 1 aromatic carbocycles. The lowest BCUT2D eigenvalue weighted by Crippen LogP contribution is -2.36. The molecule has 0 saturated heterocycles. The lowest BCUT2D eigenvalue weighted by Gasteiger charge is -2.06. The van der Waals surface area contributed by atoms with Crippen molar-refractivity contribution in [2.75, 3.05) is 11.9 Å². The van der Waals surface area contributed by atoms with Crippen LogP contribution in [0.3, 0.4) is 0 Å². The lowest BCUT2D eigenvalue weighted by molar-refractivity contribution is -0.136. The van der Waals surface area contributed by atoms with E-state index in [-0.39, 0.29) is 0 Å². The number of amides is 2. The smallest absolute Gasteiger partial charge is 0.313 e. The summed E-state index contributed by atoms with van der Waals surface area (Å²) in [5.74, 6) is -1.30. The summed E-state index contributed by atoms with van der Waals surface area (Å²) in [6.07, 6.45) is 4.74. The van der Waals surface area contributed by atoms with Gasteiger partial charge in [-0.3, -0.25) is 9.59 Å². The van der Waals surface area contributed by atoms with Gasteiger partial charge in [0.2, 0.25) is 0 Å². The second kappa shape index (κ2) is 7.28. The number of aryl methyl sites for hydroxylation is 1. The minimum Gasteiger partial charge on any atom is -0.472 e. The minimum absolute atomic E-state index is 0.389. The lowest BCUT2D eigenvalue weighted by atomic mass is 10.1. The van der Waals surface area contributed by atoms with Gasteiger partial charge in [0.05, 0.1) is 12.5 Å². The van der Waals surface area contributed by atoms with Gasteiger partial charge in [-0.2, -0.15) is 0 Å². The summed E-state index contributed by atoms with van der Waals surface area (Å²) in [6.45, 7) is 2.45. The van der Waals surface area contributed by atoms with Crippen molar-refractivity contribution >= 4 is 17.5 Å². The molecule has 2 aromatic rings. The number of anilines is 1. The maximum atomic E-state index is 11.7. The topological polar surface area (TPSA) is 71.3 Å². The van der Waals surface area contributed by atoms with Gasteiger partial charge in [0.25, 0.3) is 0 Å². The van der Waals surface area contributed by atoms with Crippen molar-refractivity contribution in [2.24, 2.45) is 0 Å². The first kappa shape index (κ1) is 14.8. The standard InChI is InChI=1S/C16H18N2O3/c1-2-12-3-5-14(6-4-12)18-16(20)15(19)17-9-7-13-8-10-21-11-13/h3-6,8,10-11H,2,7,9H2,1H3,(H,17,19)(H,18,20). The predicted octanol–water partition coefficient (Wildman–Crippen LogP) is 2.14. The fourth-order valence-electron chi connectivity index (χ4n) is 1.85. The van der Waals surface area contributed by atoms with Gasteiger partial charge in [-0.25, -0.2) is 0 Å². The molecule has 1 heterocycles. The Labute approximate surface area is 123 Å². The molecule has 0 unspecified atom stereocenters. The van der Waals surface area contributed by atoms with Crippen molar-refractivity contribution in [1.29, 1.82) is 0 Å². The van der Waals surface area contributed by atoms with Gasteiger partial charge < -0.3 is 15.1 Å². The first-order valence-corrected chi connectivity index (χ1v) is 6.88. The molecule has 0 atom stereocenters. The van der Waals surface area contributed by atoms with Crippen LogP contribution in [-0.2, 0) is 22.4 Å². The number of benzene rings is 1. The van der Waals surface area contributed by atoms with E-state index in [1.807, 2.05) is 18.2 Å². The van der Waals surface area contributed by atoms with Crippen LogP contribution in [0.4, 0.5) is 5.69 Å². The zero-order valence-corrected chi connectivity index (χ0v) is 11.9. The highest BCUT2D eigenvalue weighted by atomic mass is 16.3. The first-order chi connectivity index (χ1) is 10.2. The van der Waals surface area contributed by atoms with E-state index in [0.717, 1.165) is 12.0 Å². The van der Waals surface area contributed by atoms with Crippen molar-refractivity contribution in [1.82, 2.24) is 5.32 Å². The van der Waals surface area contributed by atoms with Crippen LogP contribution in [0.1, 0.15) is 18.1 Å². The van der Waals surface area contributed by atoms with Crippen LogP contribution >= 0.6 is 0 Å². The Kier molecular flexibility index (Phi) is 5.15. The number of hydrogen-bond acceptors (Lipinski definition) is 3. The third kappa shape index (κ3) is 4.49. The molecule has 2 N–H and O–H groups in total. The summed E-state index contributed by atoms with van der Waals surface area (Å²) in [4.78, 5) is 23.4. The van der Waals surface area contributed by atoms with Crippen LogP contribution in [0.25, 0.3) is 0 Å². The van der Waals surface area contributed by atoms with Crippen molar-refractivity contribution in [3.63, 3.8) is 0 Å². The van der Waals surface area contributed by atoms with Gasteiger partial charge in [-0.1, -0.05) is 19.1 Å². The molecule has 21 heavy (non-hydrogen) atoms. The van der Waals surface area contributed by atoms with Gasteiger partial charge in [0.1, 0.15) is 0 Å². The number of furan rings is 1. The van der Waals surface area contributed by atoms with Crippen molar-refractivity contribution in [2.45, 2.75) is 19.8 Å². The third-order valence-electron chi connectivity index (χ3n) is 3.11. The first-order valence-electron chi connectivity index (χ1n) is 6.88. The number of nitrogens with one attached hydrogen (secondary N) is 2. The molecule has 0 aliphatic heterocycles. The maximum Gasteiger partial charge on any atom is 0.313 e. The molecule has 2 rings (SSSR count). The average Bonchev–Trinajstić information content (AvgIpc) is 3.01. The molecule has 0 fully saturated rings. The Hall–Kier alpha value is -2.56. The van der Waals surface area contributed by atoms with Gasteiger partial charge in [0.15, 0.2) is 0 Å². The molecule has 0 bridgehead atoms. The fourth-order valence-corrected chi connectivity index (χ4v) is 1.85. The summed E-state index contributed by atoms with van der Waals surface area (Å²) in [6, 6.07) is 9.24. The molecule has 1 aromatic heterocycles. The van der Waals surface area contributed by atoms with Crippen LogP contribution in [0.15, 0.2) is 47.3 Å². The van der Waals surface area contributed by atoms with E-state index in [1.54, 1.807) is 24.7 Å². The quantitative estimate of drug-likeness (QED) is 0.827. The largest absolute Gasteiger partial charge is 0.472 e. The zero-order chi connectivity index (χ0) is 15.1. The van der Waals surface area contributed by atoms with Crippen molar-refractivity contribution in [3.05, 3.63) is 54.0 Å². The van der Waals surface area contributed by atoms with E-state index < -0.39 is 11.8 Å². The molecule has 0 radical (unpaired) electrons. The Bertz CT molecular complexity index is 588. The SMILES string of the molecule is CCc1ccc(NC(=O)C(=O)NCCc2ccoc2)cc1. The Morgan fingerprint density at radius 1 is 1.05 bits per heavy atom. The molecule has 0 aliphatic rings. The summed E-state index contributed by atoms with van der Waals surface area (Å²) in [5.41, 5.74) is 2.77. The highest BCUT2D eigenvalue weighted by molar-refractivity contribution is 6.39. The normalized spacial score (nSPS) is 10.1. The molecule has 0 aliphatic carbocycles. The molecule has 5 heteroatoms. The molecule has 110 valence electrons. The summed E-state index contributed by atoms with van der Waals surface area (Å²) in [5, 5.41) is 5.14. The molecule has 0 spiro atoms. The summed E-state index contributed by atoms with van der Waals surface area (Å²) < 4.78 is 4.93. The van der Waals surface area contributed by atoms with Crippen LogP contribution in [0.5, 0.6) is 0 Å². The van der Waals surface area contributed by atoms with E-state index in [1.165, 1.54) is 5.56 Å². The Morgan fingerprint density at radius 2 is 1.81 bits per heavy atom. The average molecular weight is 286 g/mol. The van der Waals surface area contributed by atoms with Gasteiger partial charge in [-0.05, 0) is 42.2 Å². The van der Waals surface area contributed by atoms with E-state index in [0.29, 0.717) is 18.7 Å². The van der Waals surface area contributed by atoms with Crippen LogP contribution in [0, 0.1) is 0 Å². The van der Waals surface area contributed by atoms with Crippen LogP contribution in [0.2, 0.25) is 0 Å². The van der Waals surface area contributed by atoms with E-state index in [4.69, 9.17) is 4.42 Å². The molecular formula is C16H18N2O3. The zero-order valence-electron chi connectivity index (χ0n) is 11.9. The number of carbonyl (C=O) groups is 2. The van der Waals surface area contributed by atoms with Gasteiger partial charge in [-0.15, -0.1) is 0 Å². The molecule has 2 amide bonds. The Balaban J connectivity index is 1.77. The van der Waals surface area contributed by atoms with E-state index >= 15 is 0 Å². The molecule has 0 saturated carbocycles. The molecular weight excluding hydrogens is 268 g/mol. The summed E-state index contributed by atoms with van der Waals surface area (Å²) in [7, 11) is 0. The number of carbonyl (C=O) groups excluding carboxylic acids is 2.